The molecule has 228 valence electrons. The highest BCUT2D eigenvalue weighted by Gasteiger charge is 2.46. The first-order valence-electron chi connectivity index (χ1n) is 15.0. The summed E-state index contributed by atoms with van der Waals surface area (Å²) in [5.74, 6) is -1.92. The van der Waals surface area contributed by atoms with E-state index in [4.69, 9.17) is 4.74 Å². The van der Waals surface area contributed by atoms with Crippen LogP contribution in [0.3, 0.4) is 0 Å². The van der Waals surface area contributed by atoms with Gasteiger partial charge in [-0.2, -0.15) is 0 Å². The molecule has 0 aromatic heterocycles. The van der Waals surface area contributed by atoms with Gasteiger partial charge in [-0.15, -0.1) is 0 Å². The Morgan fingerprint density at radius 1 is 0.881 bits per heavy atom. The molecular weight excluding hydrogens is 540 g/mol. The lowest BCUT2D eigenvalue weighted by Crippen LogP contribution is -2.54. The van der Waals surface area contributed by atoms with E-state index in [1.807, 2.05) is 26.8 Å². The van der Waals surface area contributed by atoms with Crippen molar-refractivity contribution >= 4 is 35.4 Å². The maximum Gasteiger partial charge on any atom is 0.410 e. The Morgan fingerprint density at radius 3 is 2.10 bits per heavy atom. The second-order valence-corrected chi connectivity index (χ2v) is 12.5. The smallest absolute Gasteiger partial charge is 0.410 e. The number of piperidine rings is 1. The van der Waals surface area contributed by atoms with E-state index in [0.717, 1.165) is 75.8 Å². The molecule has 0 radical (unpaired) electrons. The number of benzene rings is 1. The lowest BCUT2D eigenvalue weighted by molar-refractivity contribution is -0.136. The molecule has 0 aliphatic carbocycles. The summed E-state index contributed by atoms with van der Waals surface area (Å²) in [5, 5.41) is 2.25. The first kappa shape index (κ1) is 30.0. The fraction of sp³-hybridized carbons (Fsp3) is 0.633. The molecule has 12 nitrogen and oxygen atoms in total. The molecule has 1 atom stereocenters. The van der Waals surface area contributed by atoms with Crippen molar-refractivity contribution in [1.29, 1.82) is 0 Å². The highest BCUT2D eigenvalue weighted by molar-refractivity contribution is 6.25. The maximum atomic E-state index is 13.4. The van der Waals surface area contributed by atoms with E-state index in [2.05, 4.69) is 20.0 Å². The Hall–Kier alpha value is -3.51. The van der Waals surface area contributed by atoms with Crippen molar-refractivity contribution in [3.8, 4) is 0 Å². The third-order valence-corrected chi connectivity index (χ3v) is 8.38. The summed E-state index contributed by atoms with van der Waals surface area (Å²) in [6.45, 7) is 14.0. The Balaban J connectivity index is 1.06. The van der Waals surface area contributed by atoms with Gasteiger partial charge in [0.25, 0.3) is 11.8 Å². The molecule has 0 bridgehead atoms. The third-order valence-electron chi connectivity index (χ3n) is 8.38. The Bertz CT molecular complexity index is 1230. The van der Waals surface area contributed by atoms with E-state index < -0.39 is 29.4 Å². The molecule has 0 saturated carbocycles. The van der Waals surface area contributed by atoms with Crippen LogP contribution < -0.4 is 10.2 Å². The summed E-state index contributed by atoms with van der Waals surface area (Å²) >= 11 is 0. The van der Waals surface area contributed by atoms with Crippen molar-refractivity contribution in [2.24, 2.45) is 0 Å². The van der Waals surface area contributed by atoms with Crippen LogP contribution in [-0.4, -0.2) is 126 Å². The molecule has 1 aromatic carbocycles. The summed E-state index contributed by atoms with van der Waals surface area (Å²) in [6, 6.07) is 4.33. The van der Waals surface area contributed by atoms with Crippen LogP contribution in [0.2, 0.25) is 0 Å². The SMILES string of the molecule is CC(C)(C)OC(=O)N1CCN(CCCCN2CCN(c3cccc4c3C(=O)N(C3CCC(=O)NC3=O)C4=O)CC2)CC1. The molecule has 3 saturated heterocycles. The first-order valence-corrected chi connectivity index (χ1v) is 15.0. The minimum atomic E-state index is -0.964. The van der Waals surface area contributed by atoms with Crippen LogP contribution in [-0.2, 0) is 14.3 Å². The highest BCUT2D eigenvalue weighted by Crippen LogP contribution is 2.34. The number of carbonyl (C=O) groups is 5. The number of imide groups is 2. The number of fused-ring (bicyclic) bond motifs is 1. The number of hydrogen-bond donors (Lipinski definition) is 1. The van der Waals surface area contributed by atoms with E-state index in [-0.39, 0.29) is 24.8 Å². The topological polar surface area (TPSA) is 123 Å². The van der Waals surface area contributed by atoms with Crippen molar-refractivity contribution in [2.75, 3.05) is 70.3 Å². The zero-order valence-corrected chi connectivity index (χ0v) is 24.9. The van der Waals surface area contributed by atoms with E-state index in [1.165, 1.54) is 0 Å². The van der Waals surface area contributed by atoms with Crippen LogP contribution in [0.4, 0.5) is 10.5 Å². The van der Waals surface area contributed by atoms with Crippen molar-refractivity contribution in [3.63, 3.8) is 0 Å². The highest BCUT2D eigenvalue weighted by atomic mass is 16.6. The van der Waals surface area contributed by atoms with E-state index in [9.17, 15) is 24.0 Å². The third kappa shape index (κ3) is 6.59. The number of nitrogens with one attached hydrogen (secondary N) is 1. The fourth-order valence-corrected chi connectivity index (χ4v) is 6.12. The Kier molecular flexibility index (Phi) is 8.84. The minimum absolute atomic E-state index is 0.101. The Morgan fingerprint density at radius 2 is 1.50 bits per heavy atom. The molecule has 1 aromatic rings. The van der Waals surface area contributed by atoms with Gasteiger partial charge in [0.1, 0.15) is 11.6 Å². The van der Waals surface area contributed by atoms with Gasteiger partial charge in [-0.1, -0.05) is 6.07 Å². The van der Waals surface area contributed by atoms with Crippen molar-refractivity contribution in [3.05, 3.63) is 29.3 Å². The normalized spacial score (nSPS) is 22.5. The number of unbranched alkanes of at least 4 members (excludes halogenated alkanes) is 1. The number of amides is 5. The van der Waals surface area contributed by atoms with Crippen molar-refractivity contribution < 1.29 is 28.7 Å². The molecule has 5 amide bonds. The molecule has 4 aliphatic heterocycles. The predicted octanol–water partition coefficient (Wildman–Crippen LogP) is 1.54. The average Bonchev–Trinajstić information content (AvgIpc) is 3.20. The zero-order valence-electron chi connectivity index (χ0n) is 24.9. The molecule has 0 spiro atoms. The number of anilines is 1. The predicted molar refractivity (Wildman–Crippen MR) is 155 cm³/mol. The Labute approximate surface area is 246 Å². The number of carbonyl (C=O) groups excluding carboxylic acids is 5. The second kappa shape index (κ2) is 12.4. The summed E-state index contributed by atoms with van der Waals surface area (Å²) in [6.07, 6.45) is 2.19. The molecule has 5 rings (SSSR count). The number of nitrogens with zero attached hydrogens (tertiary/aromatic N) is 5. The van der Waals surface area contributed by atoms with Crippen molar-refractivity contribution in [1.82, 2.24) is 24.9 Å². The van der Waals surface area contributed by atoms with Gasteiger partial charge in [-0.3, -0.25) is 39.2 Å². The molecule has 4 heterocycles. The average molecular weight is 583 g/mol. The molecule has 12 heteroatoms. The summed E-state index contributed by atoms with van der Waals surface area (Å²) in [7, 11) is 0. The van der Waals surface area contributed by atoms with E-state index in [1.54, 1.807) is 17.0 Å². The monoisotopic (exact) mass is 582 g/mol. The number of rotatable bonds is 7. The number of ether oxygens (including phenoxy) is 1. The molecule has 42 heavy (non-hydrogen) atoms. The summed E-state index contributed by atoms with van der Waals surface area (Å²) in [4.78, 5) is 72.7. The molecule has 3 fully saturated rings. The van der Waals surface area contributed by atoms with Crippen LogP contribution in [0, 0.1) is 0 Å². The van der Waals surface area contributed by atoms with Gasteiger partial charge in [0.15, 0.2) is 0 Å². The maximum absolute atomic E-state index is 13.4. The number of hydrogen-bond acceptors (Lipinski definition) is 9. The fourth-order valence-electron chi connectivity index (χ4n) is 6.12. The van der Waals surface area contributed by atoms with Gasteiger partial charge >= 0.3 is 6.09 Å². The van der Waals surface area contributed by atoms with Crippen LogP contribution >= 0.6 is 0 Å². The van der Waals surface area contributed by atoms with Crippen molar-refractivity contribution in [2.45, 2.75) is 58.1 Å². The quantitative estimate of drug-likeness (QED) is 0.377. The van der Waals surface area contributed by atoms with Crippen LogP contribution in [0.1, 0.15) is 67.2 Å². The largest absolute Gasteiger partial charge is 0.444 e. The molecule has 1 unspecified atom stereocenters. The van der Waals surface area contributed by atoms with E-state index in [0.29, 0.717) is 24.2 Å². The van der Waals surface area contributed by atoms with Gasteiger partial charge in [0.05, 0.1) is 16.8 Å². The molecular formula is C30H42N6O6. The standard InChI is InChI=1S/C30H42N6O6/c1-30(2,3)42-29(41)35-19-15-33(16-20-35)12-5-4-11-32-13-17-34(18-14-32)22-8-6-7-21-25(22)28(40)36(27(21)39)23-9-10-24(37)31-26(23)38/h6-8,23H,4-5,9-20H2,1-3H3,(H,31,37,38). The summed E-state index contributed by atoms with van der Waals surface area (Å²) < 4.78 is 5.48. The van der Waals surface area contributed by atoms with Crippen LogP contribution in [0.15, 0.2) is 18.2 Å². The number of piperazine rings is 2. The minimum Gasteiger partial charge on any atom is -0.444 e. The van der Waals surface area contributed by atoms with Gasteiger partial charge in [0, 0.05) is 58.8 Å². The lowest BCUT2D eigenvalue weighted by atomic mass is 10.0. The molecule has 4 aliphatic rings. The van der Waals surface area contributed by atoms with E-state index >= 15 is 0 Å². The van der Waals surface area contributed by atoms with Crippen LogP contribution in [0.25, 0.3) is 0 Å². The second-order valence-electron chi connectivity index (χ2n) is 12.5. The van der Waals surface area contributed by atoms with Gasteiger partial charge in [-0.25, -0.2) is 4.79 Å². The first-order chi connectivity index (χ1) is 20.0. The lowest BCUT2D eigenvalue weighted by Gasteiger charge is -2.37. The van der Waals surface area contributed by atoms with Crippen LogP contribution in [0.5, 0.6) is 0 Å². The van der Waals surface area contributed by atoms with Gasteiger partial charge in [-0.05, 0) is 65.3 Å². The van der Waals surface area contributed by atoms with Gasteiger partial charge < -0.3 is 14.5 Å². The van der Waals surface area contributed by atoms with Gasteiger partial charge in [0.2, 0.25) is 11.8 Å². The summed E-state index contributed by atoms with van der Waals surface area (Å²) in [5.41, 5.74) is 0.922. The zero-order chi connectivity index (χ0) is 30.0. The molecule has 1 N–H and O–H groups in total.